The maximum Gasteiger partial charge on any atom is 0.309 e. The highest BCUT2D eigenvalue weighted by molar-refractivity contribution is 6.01. The fourth-order valence-electron chi connectivity index (χ4n) is 2.75. The Hall–Kier alpha value is -2.11. The highest BCUT2D eigenvalue weighted by Crippen LogP contribution is 2.38. The molecule has 22 heavy (non-hydrogen) atoms. The van der Waals surface area contributed by atoms with E-state index in [4.69, 9.17) is 4.74 Å². The van der Waals surface area contributed by atoms with E-state index < -0.39 is 0 Å². The Morgan fingerprint density at radius 1 is 1.32 bits per heavy atom. The minimum atomic E-state index is -0.301. The zero-order valence-corrected chi connectivity index (χ0v) is 12.6. The molecule has 1 aliphatic carbocycles. The Labute approximate surface area is 128 Å². The van der Waals surface area contributed by atoms with Crippen LogP contribution >= 0.6 is 0 Å². The van der Waals surface area contributed by atoms with E-state index in [9.17, 15) is 14.4 Å². The number of ketones is 1. The number of H-pyrrole nitrogens is 1. The molecule has 6 heteroatoms. The summed E-state index contributed by atoms with van der Waals surface area (Å²) in [5.74, 6) is -0.366. The van der Waals surface area contributed by atoms with Crippen molar-refractivity contribution in [3.8, 4) is 0 Å². The second-order valence-corrected chi connectivity index (χ2v) is 6.15. The Balaban J connectivity index is 1.54. The lowest BCUT2D eigenvalue weighted by Gasteiger charge is -2.13. The Bertz CT molecular complexity index is 601. The highest BCUT2D eigenvalue weighted by Gasteiger charge is 2.40. The molecule has 0 aromatic carbocycles. The van der Waals surface area contributed by atoms with E-state index in [1.165, 1.54) is 12.3 Å². The van der Waals surface area contributed by atoms with Gasteiger partial charge in [-0.05, 0) is 31.2 Å². The van der Waals surface area contributed by atoms with Gasteiger partial charge in [0, 0.05) is 24.8 Å². The molecule has 0 radical (unpaired) electrons. The molecule has 1 aromatic rings. The molecule has 118 valence electrons. The van der Waals surface area contributed by atoms with Crippen molar-refractivity contribution in [1.82, 2.24) is 9.88 Å². The lowest BCUT2D eigenvalue weighted by molar-refractivity contribution is -0.144. The molecule has 6 nitrogen and oxygen atoms in total. The van der Waals surface area contributed by atoms with Gasteiger partial charge in [0.15, 0.2) is 6.61 Å². The summed E-state index contributed by atoms with van der Waals surface area (Å²) in [5.41, 5.74) is 0.784. The number of carbonyl (C=O) groups is 3. The standard InChI is InChI=1S/C16H20N2O4/c1-10-6-12(10)16(21)22-9-14(19)11-7-13(17-8-11)15(20)18-4-2-3-5-18/h7-8,10,12,17H,2-6,9H2,1H3/t10-,12+/m1/s1. The third-order valence-electron chi connectivity index (χ3n) is 4.39. The number of Topliss-reactive ketones (excluding diaryl/α,β-unsaturated/α-hetero) is 1. The first-order valence-corrected chi connectivity index (χ1v) is 7.74. The number of carbonyl (C=O) groups excluding carboxylic acids is 3. The van der Waals surface area contributed by atoms with Crippen LogP contribution in [0.4, 0.5) is 0 Å². The van der Waals surface area contributed by atoms with Gasteiger partial charge in [0.05, 0.1) is 5.92 Å². The summed E-state index contributed by atoms with van der Waals surface area (Å²) in [6.45, 7) is 3.24. The van der Waals surface area contributed by atoms with E-state index in [1.807, 2.05) is 6.92 Å². The van der Waals surface area contributed by atoms with E-state index in [0.29, 0.717) is 17.2 Å². The van der Waals surface area contributed by atoms with Gasteiger partial charge in [0.2, 0.25) is 5.78 Å². The van der Waals surface area contributed by atoms with Crippen molar-refractivity contribution in [2.24, 2.45) is 11.8 Å². The topological polar surface area (TPSA) is 79.5 Å². The average molecular weight is 304 g/mol. The van der Waals surface area contributed by atoms with Gasteiger partial charge in [-0.1, -0.05) is 6.92 Å². The number of likely N-dealkylation sites (tertiary alicyclic amines) is 1. The number of hydrogen-bond donors (Lipinski definition) is 1. The van der Waals surface area contributed by atoms with Crippen LogP contribution in [0.1, 0.15) is 47.0 Å². The fourth-order valence-corrected chi connectivity index (χ4v) is 2.75. The van der Waals surface area contributed by atoms with Crippen LogP contribution in [0.3, 0.4) is 0 Å². The molecule has 2 heterocycles. The summed E-state index contributed by atoms with van der Waals surface area (Å²) in [6, 6.07) is 1.54. The Morgan fingerprint density at radius 3 is 2.64 bits per heavy atom. The van der Waals surface area contributed by atoms with Gasteiger partial charge < -0.3 is 14.6 Å². The van der Waals surface area contributed by atoms with E-state index >= 15 is 0 Å². The molecule has 1 amide bonds. The zero-order chi connectivity index (χ0) is 15.7. The highest BCUT2D eigenvalue weighted by atomic mass is 16.5. The second kappa shape index (κ2) is 5.94. The number of amides is 1. The number of aromatic nitrogens is 1. The first kappa shape index (κ1) is 14.8. The number of ether oxygens (including phenoxy) is 1. The summed E-state index contributed by atoms with van der Waals surface area (Å²) < 4.78 is 5.02. The van der Waals surface area contributed by atoms with Crippen molar-refractivity contribution in [2.45, 2.75) is 26.2 Å². The molecule has 1 aromatic heterocycles. The van der Waals surface area contributed by atoms with Crippen LogP contribution in [-0.4, -0.2) is 47.2 Å². The van der Waals surface area contributed by atoms with Crippen molar-refractivity contribution < 1.29 is 19.1 Å². The summed E-state index contributed by atoms with van der Waals surface area (Å²) in [6.07, 6.45) is 4.38. The minimum absolute atomic E-state index is 0.0497. The van der Waals surface area contributed by atoms with Crippen LogP contribution in [0.25, 0.3) is 0 Å². The second-order valence-electron chi connectivity index (χ2n) is 6.15. The number of nitrogens with one attached hydrogen (secondary N) is 1. The Morgan fingerprint density at radius 2 is 2.00 bits per heavy atom. The molecular formula is C16H20N2O4. The maximum absolute atomic E-state index is 12.2. The average Bonchev–Trinajstić information content (AvgIpc) is 2.97. The molecule has 1 saturated carbocycles. The van der Waals surface area contributed by atoms with E-state index in [-0.39, 0.29) is 30.2 Å². The first-order valence-electron chi connectivity index (χ1n) is 7.74. The van der Waals surface area contributed by atoms with E-state index in [2.05, 4.69) is 4.98 Å². The van der Waals surface area contributed by atoms with Crippen LogP contribution in [0.5, 0.6) is 0 Å². The van der Waals surface area contributed by atoms with Gasteiger partial charge in [0.1, 0.15) is 5.69 Å². The van der Waals surface area contributed by atoms with Crippen molar-refractivity contribution in [3.63, 3.8) is 0 Å². The summed E-state index contributed by atoms with van der Waals surface area (Å²) in [7, 11) is 0. The van der Waals surface area contributed by atoms with Crippen LogP contribution in [-0.2, 0) is 9.53 Å². The number of aromatic amines is 1. The predicted octanol–water partition coefficient (Wildman–Crippen LogP) is 1.63. The van der Waals surface area contributed by atoms with Crippen LogP contribution < -0.4 is 0 Å². The molecule has 0 spiro atoms. The zero-order valence-electron chi connectivity index (χ0n) is 12.6. The van der Waals surface area contributed by atoms with Gasteiger partial charge in [-0.25, -0.2) is 0 Å². The first-order chi connectivity index (χ1) is 10.6. The normalized spacial score (nSPS) is 23.4. The fraction of sp³-hybridized carbons (Fsp3) is 0.562. The molecule has 0 unspecified atom stereocenters. The number of rotatable bonds is 5. The third kappa shape index (κ3) is 3.05. The molecule has 2 atom stereocenters. The SMILES string of the molecule is C[C@@H]1C[C@@H]1C(=O)OCC(=O)c1c[nH]c(C(=O)N2CCCC2)c1. The number of esters is 1. The lowest BCUT2D eigenvalue weighted by atomic mass is 10.2. The molecule has 2 fully saturated rings. The molecule has 3 rings (SSSR count). The van der Waals surface area contributed by atoms with Gasteiger partial charge in [-0.2, -0.15) is 0 Å². The van der Waals surface area contributed by atoms with Crippen LogP contribution in [0.2, 0.25) is 0 Å². The van der Waals surface area contributed by atoms with Crippen molar-refractivity contribution in [3.05, 3.63) is 23.5 Å². The summed E-state index contributed by atoms with van der Waals surface area (Å²) in [5, 5.41) is 0. The van der Waals surface area contributed by atoms with Crippen LogP contribution in [0.15, 0.2) is 12.3 Å². The smallest absolute Gasteiger partial charge is 0.309 e. The number of nitrogens with zero attached hydrogens (tertiary/aromatic N) is 1. The van der Waals surface area contributed by atoms with E-state index in [1.54, 1.807) is 4.90 Å². The van der Waals surface area contributed by atoms with Gasteiger partial charge in [0.25, 0.3) is 5.91 Å². The molecule has 2 aliphatic rings. The lowest BCUT2D eigenvalue weighted by Crippen LogP contribution is -2.27. The molecule has 1 saturated heterocycles. The predicted molar refractivity (Wildman–Crippen MR) is 78.5 cm³/mol. The van der Waals surface area contributed by atoms with Crippen molar-refractivity contribution in [2.75, 3.05) is 19.7 Å². The molecule has 1 N–H and O–H groups in total. The quantitative estimate of drug-likeness (QED) is 0.662. The minimum Gasteiger partial charge on any atom is -0.457 e. The third-order valence-corrected chi connectivity index (χ3v) is 4.39. The molecule has 1 aliphatic heterocycles. The molecule has 0 bridgehead atoms. The van der Waals surface area contributed by atoms with Crippen molar-refractivity contribution in [1.29, 1.82) is 0 Å². The van der Waals surface area contributed by atoms with Gasteiger partial charge in [-0.15, -0.1) is 0 Å². The van der Waals surface area contributed by atoms with Gasteiger partial charge in [-0.3, -0.25) is 14.4 Å². The maximum atomic E-state index is 12.2. The largest absolute Gasteiger partial charge is 0.457 e. The van der Waals surface area contributed by atoms with Crippen molar-refractivity contribution >= 4 is 17.7 Å². The van der Waals surface area contributed by atoms with Crippen LogP contribution in [0, 0.1) is 11.8 Å². The Kier molecular flexibility index (Phi) is 4.00. The molecular weight excluding hydrogens is 284 g/mol. The van der Waals surface area contributed by atoms with E-state index in [0.717, 1.165) is 32.4 Å². The summed E-state index contributed by atoms with van der Waals surface area (Å²) in [4.78, 5) is 40.4. The number of hydrogen-bond acceptors (Lipinski definition) is 4. The monoisotopic (exact) mass is 304 g/mol. The van der Waals surface area contributed by atoms with Gasteiger partial charge >= 0.3 is 5.97 Å². The summed E-state index contributed by atoms with van der Waals surface area (Å²) >= 11 is 0.